The van der Waals surface area contributed by atoms with Crippen molar-refractivity contribution in [2.45, 2.75) is 51.1 Å². The van der Waals surface area contributed by atoms with Crippen LogP contribution in [0, 0.1) is 11.3 Å². The molecule has 2 aliphatic heterocycles. The molecule has 146 valence electrons. The van der Waals surface area contributed by atoms with E-state index in [9.17, 15) is 19.5 Å². The molecule has 0 radical (unpaired) electrons. The fraction of sp³-hybridized carbons (Fsp3) is 0.684. The van der Waals surface area contributed by atoms with E-state index in [1.807, 2.05) is 17.2 Å². The Morgan fingerprint density at radius 1 is 1.19 bits per heavy atom. The number of carboxylic acids is 1. The molecule has 27 heavy (non-hydrogen) atoms. The van der Waals surface area contributed by atoms with E-state index >= 15 is 0 Å². The minimum Gasteiger partial charge on any atom is -0.480 e. The lowest BCUT2D eigenvalue weighted by atomic mass is 9.76. The van der Waals surface area contributed by atoms with Gasteiger partial charge in [0, 0.05) is 50.9 Å². The molecule has 1 aromatic heterocycles. The predicted octanol–water partition coefficient (Wildman–Crippen LogP) is 0.977. The SMILES string of the molecule is O=C(O)[C@H]1CC2(CCN(C(=O)CCn3cccn3)CC2)CN1C(=O)C1CC1. The van der Waals surface area contributed by atoms with Gasteiger partial charge in [-0.05, 0) is 43.6 Å². The zero-order valence-corrected chi connectivity index (χ0v) is 15.4. The van der Waals surface area contributed by atoms with E-state index in [2.05, 4.69) is 5.10 Å². The van der Waals surface area contributed by atoms with Crippen molar-refractivity contribution in [3.05, 3.63) is 18.5 Å². The second-order valence-electron chi connectivity index (χ2n) is 8.20. The average Bonchev–Trinajstić information content (AvgIpc) is 3.25. The summed E-state index contributed by atoms with van der Waals surface area (Å²) in [6.07, 6.45) is 7.75. The van der Waals surface area contributed by atoms with E-state index < -0.39 is 12.0 Å². The molecule has 3 aliphatic rings. The molecule has 4 rings (SSSR count). The van der Waals surface area contributed by atoms with E-state index in [0.29, 0.717) is 39.0 Å². The first-order valence-electron chi connectivity index (χ1n) is 9.76. The summed E-state index contributed by atoms with van der Waals surface area (Å²) in [6.45, 7) is 2.36. The Kier molecular flexibility index (Phi) is 4.65. The molecule has 1 N–H and O–H groups in total. The highest BCUT2D eigenvalue weighted by Gasteiger charge is 2.52. The van der Waals surface area contributed by atoms with Gasteiger partial charge in [-0.25, -0.2) is 4.79 Å². The molecule has 3 heterocycles. The molecule has 1 atom stereocenters. The van der Waals surface area contributed by atoms with E-state index in [1.165, 1.54) is 0 Å². The molecule has 0 unspecified atom stereocenters. The number of piperidine rings is 1. The number of nitrogens with zero attached hydrogens (tertiary/aromatic N) is 4. The number of rotatable bonds is 5. The highest BCUT2D eigenvalue weighted by atomic mass is 16.4. The van der Waals surface area contributed by atoms with Crippen LogP contribution in [0.15, 0.2) is 18.5 Å². The van der Waals surface area contributed by atoms with Gasteiger partial charge < -0.3 is 14.9 Å². The molecule has 2 saturated heterocycles. The average molecular weight is 374 g/mol. The van der Waals surface area contributed by atoms with Crippen LogP contribution in [0.1, 0.15) is 38.5 Å². The molecular weight excluding hydrogens is 348 g/mol. The molecule has 3 fully saturated rings. The Hall–Kier alpha value is -2.38. The van der Waals surface area contributed by atoms with Gasteiger partial charge in [0.1, 0.15) is 6.04 Å². The zero-order chi connectivity index (χ0) is 19.0. The van der Waals surface area contributed by atoms with Crippen LogP contribution in [-0.4, -0.2) is 68.1 Å². The van der Waals surface area contributed by atoms with Crippen molar-refractivity contribution in [3.8, 4) is 0 Å². The number of aliphatic carboxylic acids is 1. The van der Waals surface area contributed by atoms with Crippen molar-refractivity contribution in [1.82, 2.24) is 19.6 Å². The maximum absolute atomic E-state index is 12.5. The lowest BCUT2D eigenvalue weighted by Crippen LogP contribution is -2.45. The Morgan fingerprint density at radius 3 is 2.52 bits per heavy atom. The summed E-state index contributed by atoms with van der Waals surface area (Å²) < 4.78 is 1.75. The molecular formula is C19H26N4O4. The number of hydrogen-bond acceptors (Lipinski definition) is 4. The van der Waals surface area contributed by atoms with Gasteiger partial charge in [-0.2, -0.15) is 5.10 Å². The van der Waals surface area contributed by atoms with Crippen molar-refractivity contribution in [1.29, 1.82) is 0 Å². The molecule has 2 amide bonds. The third kappa shape index (κ3) is 3.70. The molecule has 1 spiro atoms. The summed E-state index contributed by atoms with van der Waals surface area (Å²) in [6, 6.07) is 1.13. The van der Waals surface area contributed by atoms with Crippen LogP contribution >= 0.6 is 0 Å². The molecule has 1 aliphatic carbocycles. The van der Waals surface area contributed by atoms with Crippen LogP contribution in [0.25, 0.3) is 0 Å². The first-order chi connectivity index (χ1) is 13.0. The maximum atomic E-state index is 12.5. The quantitative estimate of drug-likeness (QED) is 0.829. The van der Waals surface area contributed by atoms with Crippen molar-refractivity contribution in [2.75, 3.05) is 19.6 Å². The first-order valence-corrected chi connectivity index (χ1v) is 9.76. The number of amides is 2. The molecule has 8 heteroatoms. The van der Waals surface area contributed by atoms with Crippen molar-refractivity contribution < 1.29 is 19.5 Å². The van der Waals surface area contributed by atoms with Crippen LogP contribution < -0.4 is 0 Å². The van der Waals surface area contributed by atoms with Gasteiger partial charge in [-0.3, -0.25) is 14.3 Å². The predicted molar refractivity (Wildman–Crippen MR) is 95.6 cm³/mol. The number of likely N-dealkylation sites (tertiary alicyclic amines) is 2. The Labute approximate surface area is 158 Å². The highest BCUT2D eigenvalue weighted by Crippen LogP contribution is 2.45. The third-order valence-corrected chi connectivity index (χ3v) is 6.29. The lowest BCUT2D eigenvalue weighted by Gasteiger charge is -2.39. The minimum atomic E-state index is -0.904. The zero-order valence-electron chi connectivity index (χ0n) is 15.4. The highest BCUT2D eigenvalue weighted by molar-refractivity contribution is 5.87. The largest absolute Gasteiger partial charge is 0.480 e. The van der Waals surface area contributed by atoms with Crippen molar-refractivity contribution in [3.63, 3.8) is 0 Å². The number of hydrogen-bond donors (Lipinski definition) is 1. The number of carboxylic acid groups (broad SMARTS) is 1. The van der Waals surface area contributed by atoms with Gasteiger partial charge in [0.15, 0.2) is 0 Å². The fourth-order valence-electron chi connectivity index (χ4n) is 4.47. The smallest absolute Gasteiger partial charge is 0.326 e. The van der Waals surface area contributed by atoms with E-state index in [1.54, 1.807) is 15.8 Å². The fourth-order valence-corrected chi connectivity index (χ4v) is 4.47. The molecule has 8 nitrogen and oxygen atoms in total. The second-order valence-corrected chi connectivity index (χ2v) is 8.20. The van der Waals surface area contributed by atoms with Gasteiger partial charge in [0.2, 0.25) is 11.8 Å². The lowest BCUT2D eigenvalue weighted by molar-refractivity contribution is -0.148. The summed E-state index contributed by atoms with van der Waals surface area (Å²) in [5.74, 6) is -0.749. The Balaban J connectivity index is 1.34. The van der Waals surface area contributed by atoms with Gasteiger partial charge in [0.05, 0.1) is 0 Å². The second kappa shape index (κ2) is 6.98. The number of aromatic nitrogens is 2. The third-order valence-electron chi connectivity index (χ3n) is 6.29. The first kappa shape index (κ1) is 18.0. The standard InChI is InChI=1S/C19H26N4O4/c24-16(4-9-22-8-1-7-20-22)21-10-5-19(6-11-21)12-15(18(26)27)23(13-19)17(25)14-2-3-14/h1,7-8,14-15H,2-6,9-13H2,(H,26,27)/t15-/m1/s1. The molecule has 0 aromatic carbocycles. The van der Waals surface area contributed by atoms with Crippen LogP contribution in [-0.2, 0) is 20.9 Å². The summed E-state index contributed by atoms with van der Waals surface area (Å²) >= 11 is 0. The summed E-state index contributed by atoms with van der Waals surface area (Å²) in [4.78, 5) is 40.1. The van der Waals surface area contributed by atoms with E-state index in [4.69, 9.17) is 0 Å². The van der Waals surface area contributed by atoms with Gasteiger partial charge in [0.25, 0.3) is 0 Å². The molecule has 0 bridgehead atoms. The normalized spacial score (nSPS) is 24.4. The van der Waals surface area contributed by atoms with Crippen LogP contribution in [0.3, 0.4) is 0 Å². The summed E-state index contributed by atoms with van der Waals surface area (Å²) in [5.41, 5.74) is -0.160. The van der Waals surface area contributed by atoms with Gasteiger partial charge >= 0.3 is 5.97 Å². The molecule has 1 aromatic rings. The number of aryl methyl sites for hydroxylation is 1. The van der Waals surface area contributed by atoms with Crippen molar-refractivity contribution >= 4 is 17.8 Å². The Morgan fingerprint density at radius 2 is 1.93 bits per heavy atom. The summed E-state index contributed by atoms with van der Waals surface area (Å²) in [7, 11) is 0. The molecule has 1 saturated carbocycles. The monoisotopic (exact) mass is 374 g/mol. The van der Waals surface area contributed by atoms with Crippen molar-refractivity contribution in [2.24, 2.45) is 11.3 Å². The van der Waals surface area contributed by atoms with E-state index in [-0.39, 0.29) is 23.1 Å². The van der Waals surface area contributed by atoms with E-state index in [0.717, 1.165) is 25.7 Å². The maximum Gasteiger partial charge on any atom is 0.326 e. The van der Waals surface area contributed by atoms with Crippen LogP contribution in [0.2, 0.25) is 0 Å². The van der Waals surface area contributed by atoms with Crippen LogP contribution in [0.4, 0.5) is 0 Å². The topological polar surface area (TPSA) is 95.7 Å². The Bertz CT molecular complexity index is 720. The summed E-state index contributed by atoms with van der Waals surface area (Å²) in [5, 5.41) is 13.7. The number of carbonyl (C=O) groups excluding carboxylic acids is 2. The van der Waals surface area contributed by atoms with Gasteiger partial charge in [-0.15, -0.1) is 0 Å². The van der Waals surface area contributed by atoms with Crippen LogP contribution in [0.5, 0.6) is 0 Å². The van der Waals surface area contributed by atoms with Gasteiger partial charge in [-0.1, -0.05) is 0 Å². The minimum absolute atomic E-state index is 0.0111. The number of carbonyl (C=O) groups is 3.